The number of esters is 3. The highest BCUT2D eigenvalue weighted by Crippen LogP contribution is 2.63. The fourth-order valence-corrected chi connectivity index (χ4v) is 7.04. The number of epoxide rings is 1. The maximum Gasteiger partial charge on any atom is 0.303 e. The average molecular weight is 495 g/mol. The van der Waals surface area contributed by atoms with Crippen molar-refractivity contribution in [3.63, 3.8) is 0 Å². The Kier molecular flexibility index (Phi) is 6.83. The molecule has 3 aliphatic heterocycles. The van der Waals surface area contributed by atoms with Gasteiger partial charge in [0.25, 0.3) is 0 Å². The highest BCUT2D eigenvalue weighted by molar-refractivity contribution is 5.68. The van der Waals surface area contributed by atoms with Gasteiger partial charge in [-0.2, -0.15) is 0 Å². The summed E-state index contributed by atoms with van der Waals surface area (Å²) in [6.45, 7) is 14.4. The predicted octanol–water partition coefficient (Wildman–Crippen LogP) is 2.33. The lowest BCUT2D eigenvalue weighted by molar-refractivity contribution is -0.207. The summed E-state index contributed by atoms with van der Waals surface area (Å²) in [5, 5.41) is 10.7. The van der Waals surface area contributed by atoms with Crippen LogP contribution in [0.1, 0.15) is 60.8 Å². The minimum absolute atomic E-state index is 0.0177. The molecule has 0 radical (unpaired) electrons. The van der Waals surface area contributed by atoms with Gasteiger partial charge in [0.05, 0.1) is 18.8 Å². The van der Waals surface area contributed by atoms with Crippen LogP contribution in [0, 0.1) is 23.7 Å². The topological polar surface area (TPSA) is 121 Å². The molecule has 0 amide bonds. The maximum atomic E-state index is 12.2. The smallest absolute Gasteiger partial charge is 0.303 e. The molecule has 1 saturated carbocycles. The van der Waals surface area contributed by atoms with Crippen LogP contribution in [0.2, 0.25) is 0 Å². The molecule has 1 unspecified atom stereocenters. The van der Waals surface area contributed by atoms with Gasteiger partial charge >= 0.3 is 17.9 Å². The number of hydrogen-bond donors (Lipinski definition) is 1. The summed E-state index contributed by atoms with van der Waals surface area (Å²) in [5.41, 5.74) is -1.29. The van der Waals surface area contributed by atoms with Crippen molar-refractivity contribution >= 4 is 17.9 Å². The second-order valence-corrected chi connectivity index (χ2v) is 11.2. The van der Waals surface area contributed by atoms with Crippen molar-refractivity contribution in [3.8, 4) is 0 Å². The lowest BCUT2D eigenvalue weighted by Crippen LogP contribution is -2.65. The number of fused-ring (bicyclic) bond motifs is 6. The number of carbonyl (C=O) groups is 3. The van der Waals surface area contributed by atoms with Gasteiger partial charge < -0.3 is 28.8 Å². The molecule has 1 spiro atoms. The Morgan fingerprint density at radius 3 is 2.26 bits per heavy atom. The number of hydrogen-bond acceptors (Lipinski definition) is 9. The Hall–Kier alpha value is -1.97. The Balaban J connectivity index is 1.88. The first kappa shape index (κ1) is 26.1. The first-order chi connectivity index (χ1) is 16.3. The van der Waals surface area contributed by atoms with E-state index in [9.17, 15) is 19.5 Å². The van der Waals surface area contributed by atoms with E-state index in [1.54, 1.807) is 0 Å². The number of ether oxygens (including phenoxy) is 5. The minimum Gasteiger partial charge on any atom is -0.458 e. The third-order valence-corrected chi connectivity index (χ3v) is 8.32. The van der Waals surface area contributed by atoms with E-state index in [2.05, 4.69) is 6.58 Å². The van der Waals surface area contributed by atoms with Crippen LogP contribution in [0.3, 0.4) is 0 Å². The van der Waals surface area contributed by atoms with Gasteiger partial charge in [0.15, 0.2) is 6.10 Å². The standard InChI is InChI=1S/C26H38O9/c1-12(2)19-20-21(26(11-31-26)24(33-15(5)28)22(19)32-14(4)27)18-10-13(3)17(30)8-9-25(7,23(20)34-18)35-16(6)29/h12,17-24,30H,3,8-11H2,1-2,4-7H3/t17-,18+,19+,20?,21+,22-,23+,24-,25+,26+/m0/s1. The Morgan fingerprint density at radius 2 is 1.74 bits per heavy atom. The van der Waals surface area contributed by atoms with Gasteiger partial charge in [-0.1, -0.05) is 20.4 Å². The van der Waals surface area contributed by atoms with E-state index in [-0.39, 0.29) is 23.7 Å². The lowest BCUT2D eigenvalue weighted by Gasteiger charge is -2.51. The molecule has 9 heteroatoms. The van der Waals surface area contributed by atoms with Gasteiger partial charge in [-0.3, -0.25) is 14.4 Å². The van der Waals surface area contributed by atoms with Crippen molar-refractivity contribution in [1.82, 2.24) is 0 Å². The highest BCUT2D eigenvalue weighted by atomic mass is 16.7. The van der Waals surface area contributed by atoms with Crippen molar-refractivity contribution in [2.24, 2.45) is 23.7 Å². The summed E-state index contributed by atoms with van der Waals surface area (Å²) >= 11 is 0. The molecule has 3 heterocycles. The molecular weight excluding hydrogens is 456 g/mol. The minimum atomic E-state index is -1.03. The maximum absolute atomic E-state index is 12.2. The normalized spacial score (nSPS) is 44.6. The molecule has 196 valence electrons. The van der Waals surface area contributed by atoms with Crippen LogP contribution in [-0.2, 0) is 38.1 Å². The van der Waals surface area contributed by atoms with Gasteiger partial charge in [-0.25, -0.2) is 0 Å². The Bertz CT molecular complexity index is 893. The third-order valence-electron chi connectivity index (χ3n) is 8.32. The van der Waals surface area contributed by atoms with Crippen LogP contribution in [0.4, 0.5) is 0 Å². The van der Waals surface area contributed by atoms with E-state index in [0.29, 0.717) is 31.4 Å². The largest absolute Gasteiger partial charge is 0.458 e. The van der Waals surface area contributed by atoms with Gasteiger partial charge in [0.1, 0.15) is 23.4 Å². The predicted molar refractivity (Wildman–Crippen MR) is 123 cm³/mol. The molecular formula is C26H38O9. The van der Waals surface area contributed by atoms with Crippen LogP contribution in [0.25, 0.3) is 0 Å². The molecule has 1 N–H and O–H groups in total. The summed E-state index contributed by atoms with van der Waals surface area (Å²) in [6.07, 6.45) is -2.10. The van der Waals surface area contributed by atoms with Crippen LogP contribution in [0.5, 0.6) is 0 Å². The number of carbonyl (C=O) groups excluding carboxylic acids is 3. The third kappa shape index (κ3) is 4.51. The fourth-order valence-electron chi connectivity index (χ4n) is 7.04. The fraction of sp³-hybridized carbons (Fsp3) is 0.808. The zero-order valence-electron chi connectivity index (χ0n) is 21.4. The molecule has 10 atom stereocenters. The highest BCUT2D eigenvalue weighted by Gasteiger charge is 2.76. The summed E-state index contributed by atoms with van der Waals surface area (Å²) in [4.78, 5) is 36.6. The summed E-state index contributed by atoms with van der Waals surface area (Å²) in [5.74, 6) is -2.10. The molecule has 0 aromatic carbocycles. The van der Waals surface area contributed by atoms with Crippen LogP contribution < -0.4 is 0 Å². The van der Waals surface area contributed by atoms with Gasteiger partial charge in [0, 0.05) is 38.5 Å². The molecule has 4 aliphatic rings. The number of aliphatic hydroxyl groups is 1. The molecule has 4 rings (SSSR count). The first-order valence-corrected chi connectivity index (χ1v) is 12.5. The van der Waals surface area contributed by atoms with Crippen molar-refractivity contribution in [2.45, 2.75) is 103 Å². The first-order valence-electron chi connectivity index (χ1n) is 12.5. The molecule has 4 fully saturated rings. The molecule has 1 aliphatic carbocycles. The van der Waals surface area contributed by atoms with E-state index in [1.165, 1.54) is 20.8 Å². The molecule has 9 nitrogen and oxygen atoms in total. The van der Waals surface area contributed by atoms with E-state index in [0.717, 1.165) is 0 Å². The second kappa shape index (κ2) is 9.16. The zero-order valence-corrected chi connectivity index (χ0v) is 21.4. The average Bonchev–Trinajstić information content (AvgIpc) is 3.41. The van der Waals surface area contributed by atoms with Gasteiger partial charge in [-0.05, 0) is 37.7 Å². The summed E-state index contributed by atoms with van der Waals surface area (Å²) in [7, 11) is 0. The number of aliphatic hydroxyl groups excluding tert-OH is 1. The van der Waals surface area contributed by atoms with Crippen LogP contribution in [0.15, 0.2) is 12.2 Å². The molecule has 3 saturated heterocycles. The number of rotatable bonds is 4. The quantitative estimate of drug-likeness (QED) is 0.272. The summed E-state index contributed by atoms with van der Waals surface area (Å²) in [6, 6.07) is 0. The van der Waals surface area contributed by atoms with Crippen LogP contribution in [-0.4, -0.2) is 71.3 Å². The molecule has 0 aromatic rings. The van der Waals surface area contributed by atoms with Crippen LogP contribution >= 0.6 is 0 Å². The second-order valence-electron chi connectivity index (χ2n) is 11.2. The Morgan fingerprint density at radius 1 is 1.11 bits per heavy atom. The Labute approximate surface area is 206 Å². The van der Waals surface area contributed by atoms with Gasteiger partial charge in [0.2, 0.25) is 0 Å². The SMILES string of the molecule is C=C1C[C@H]2O[C@H](C3[C@@H](C(C)C)[C@H](OC(C)=O)[C@H](OC(C)=O)[C@@]4(CO4)[C@@H]32)[C@](C)(OC(C)=O)CC[C@@H]1O. The van der Waals surface area contributed by atoms with E-state index in [4.69, 9.17) is 23.7 Å². The van der Waals surface area contributed by atoms with Crippen molar-refractivity contribution in [3.05, 3.63) is 12.2 Å². The summed E-state index contributed by atoms with van der Waals surface area (Å²) < 4.78 is 30.4. The molecule has 0 aromatic heterocycles. The van der Waals surface area contributed by atoms with E-state index in [1.807, 2.05) is 20.8 Å². The molecule has 35 heavy (non-hydrogen) atoms. The van der Waals surface area contributed by atoms with Crippen molar-refractivity contribution < 1.29 is 43.2 Å². The van der Waals surface area contributed by atoms with E-state index >= 15 is 0 Å². The van der Waals surface area contributed by atoms with Gasteiger partial charge in [-0.15, -0.1) is 0 Å². The van der Waals surface area contributed by atoms with Crippen molar-refractivity contribution in [1.29, 1.82) is 0 Å². The monoisotopic (exact) mass is 494 g/mol. The lowest BCUT2D eigenvalue weighted by atomic mass is 9.56. The zero-order chi connectivity index (χ0) is 25.9. The van der Waals surface area contributed by atoms with Crippen molar-refractivity contribution in [2.75, 3.05) is 6.61 Å². The molecule has 2 bridgehead atoms. The van der Waals surface area contributed by atoms with E-state index < -0.39 is 59.6 Å².